The number of carbonyl (C=O) groups is 2. The Kier molecular flexibility index (Phi) is 12.2. The SMILES string of the molecule is CCOC(=O)C1=C(C)NC(COCCN)=C(C(=O)OCC)C1c1ccccc1.O=S(=O)(O)c1ccccc1. The first-order valence-corrected chi connectivity index (χ1v) is 13.5. The Hall–Kier alpha value is -3.51. The average Bonchev–Trinajstić information content (AvgIpc) is 2.89. The second kappa shape index (κ2) is 15.0. The predicted molar refractivity (Wildman–Crippen MR) is 141 cm³/mol. The summed E-state index contributed by atoms with van der Waals surface area (Å²) in [5, 5.41) is 3.15. The lowest BCUT2D eigenvalue weighted by Crippen LogP contribution is -2.35. The van der Waals surface area contributed by atoms with Gasteiger partial charge in [-0.05, 0) is 38.5 Å². The van der Waals surface area contributed by atoms with Gasteiger partial charge >= 0.3 is 11.9 Å². The van der Waals surface area contributed by atoms with Crippen molar-refractivity contribution in [3.05, 3.63) is 88.8 Å². The Morgan fingerprint density at radius 3 is 1.92 bits per heavy atom. The van der Waals surface area contributed by atoms with Crippen LogP contribution >= 0.6 is 0 Å². The van der Waals surface area contributed by atoms with Gasteiger partial charge in [0.2, 0.25) is 0 Å². The first-order chi connectivity index (χ1) is 18.1. The molecule has 0 saturated heterocycles. The predicted octanol–water partition coefficient (Wildman–Crippen LogP) is 2.94. The van der Waals surface area contributed by atoms with E-state index in [0.717, 1.165) is 5.56 Å². The molecule has 2 aromatic rings. The third kappa shape index (κ3) is 8.52. The summed E-state index contributed by atoms with van der Waals surface area (Å²) in [6.45, 7) is 6.60. The van der Waals surface area contributed by atoms with Gasteiger partial charge in [0.15, 0.2) is 0 Å². The Morgan fingerprint density at radius 2 is 1.45 bits per heavy atom. The third-order valence-corrected chi connectivity index (χ3v) is 6.19. The first kappa shape index (κ1) is 30.7. The molecule has 0 aliphatic carbocycles. The molecular formula is C27H34N2O8S. The molecule has 0 amide bonds. The third-order valence-electron chi connectivity index (χ3n) is 5.32. The fourth-order valence-corrected chi connectivity index (χ4v) is 4.27. The van der Waals surface area contributed by atoms with Gasteiger partial charge in [0.05, 0.1) is 54.1 Å². The lowest BCUT2D eigenvalue weighted by Gasteiger charge is -2.31. The van der Waals surface area contributed by atoms with Gasteiger partial charge in [-0.25, -0.2) is 9.59 Å². The molecule has 206 valence electrons. The minimum atomic E-state index is -4.00. The molecule has 1 aliphatic heterocycles. The summed E-state index contributed by atoms with van der Waals surface area (Å²) < 4.78 is 45.4. The summed E-state index contributed by atoms with van der Waals surface area (Å²) in [6, 6.07) is 16.8. The van der Waals surface area contributed by atoms with Crippen molar-refractivity contribution in [2.24, 2.45) is 5.73 Å². The van der Waals surface area contributed by atoms with Gasteiger partial charge in [0.25, 0.3) is 10.1 Å². The van der Waals surface area contributed by atoms with Crippen LogP contribution in [0.3, 0.4) is 0 Å². The molecule has 0 fully saturated rings. The van der Waals surface area contributed by atoms with E-state index in [0.29, 0.717) is 35.7 Å². The zero-order chi connectivity index (χ0) is 28.1. The number of nitrogens with two attached hydrogens (primary N) is 1. The molecule has 38 heavy (non-hydrogen) atoms. The van der Waals surface area contributed by atoms with Gasteiger partial charge in [-0.2, -0.15) is 8.42 Å². The van der Waals surface area contributed by atoms with E-state index in [-0.39, 0.29) is 24.7 Å². The number of ether oxygens (including phenoxy) is 3. The van der Waals surface area contributed by atoms with E-state index >= 15 is 0 Å². The fraction of sp³-hybridized carbons (Fsp3) is 0.333. The van der Waals surface area contributed by atoms with Gasteiger partial charge in [-0.1, -0.05) is 48.5 Å². The molecule has 11 heteroatoms. The normalized spacial score (nSPS) is 15.2. The van der Waals surface area contributed by atoms with Crippen LogP contribution in [0.4, 0.5) is 0 Å². The minimum absolute atomic E-state index is 0.0741. The Balaban J connectivity index is 0.000000423. The van der Waals surface area contributed by atoms with Crippen LogP contribution in [-0.2, 0) is 33.9 Å². The maximum atomic E-state index is 12.9. The second-order valence-electron chi connectivity index (χ2n) is 7.97. The molecule has 1 unspecified atom stereocenters. The lowest BCUT2D eigenvalue weighted by atomic mass is 9.80. The first-order valence-electron chi connectivity index (χ1n) is 12.1. The van der Waals surface area contributed by atoms with E-state index < -0.39 is 28.0 Å². The summed E-state index contributed by atoms with van der Waals surface area (Å²) in [7, 11) is -4.00. The van der Waals surface area contributed by atoms with Crippen molar-refractivity contribution >= 4 is 22.1 Å². The standard InChI is InChI=1S/C21H28N2O5.C6H6O3S/c1-4-27-20(24)17-14(3)23-16(13-26-12-11-22)19(21(25)28-5-2)18(17)15-9-7-6-8-10-15;7-10(8,9)6-4-2-1-3-5-6/h6-10,18,23H,4-5,11-13,22H2,1-3H3;1-5H,(H,7,8,9). The summed E-state index contributed by atoms with van der Waals surface area (Å²) in [5.41, 5.74) is 8.21. The van der Waals surface area contributed by atoms with Gasteiger partial charge in [-0.3, -0.25) is 4.55 Å². The smallest absolute Gasteiger partial charge is 0.336 e. The van der Waals surface area contributed by atoms with Crippen LogP contribution in [0.5, 0.6) is 0 Å². The quantitative estimate of drug-likeness (QED) is 0.230. The number of hydrogen-bond acceptors (Lipinski definition) is 9. The molecule has 1 aliphatic rings. The molecule has 0 spiro atoms. The summed E-state index contributed by atoms with van der Waals surface area (Å²) >= 11 is 0. The van der Waals surface area contributed by atoms with E-state index in [9.17, 15) is 18.0 Å². The van der Waals surface area contributed by atoms with E-state index in [1.807, 2.05) is 30.3 Å². The number of esters is 2. The highest BCUT2D eigenvalue weighted by atomic mass is 32.2. The molecule has 1 atom stereocenters. The molecule has 3 rings (SSSR count). The van der Waals surface area contributed by atoms with E-state index in [1.54, 1.807) is 39.0 Å². The van der Waals surface area contributed by atoms with Crippen LogP contribution in [0.1, 0.15) is 32.3 Å². The molecular weight excluding hydrogens is 512 g/mol. The Bertz CT molecular complexity index is 1240. The maximum absolute atomic E-state index is 12.9. The zero-order valence-electron chi connectivity index (χ0n) is 21.7. The highest BCUT2D eigenvalue weighted by molar-refractivity contribution is 7.85. The molecule has 0 radical (unpaired) electrons. The van der Waals surface area contributed by atoms with Crippen molar-refractivity contribution in [3.8, 4) is 0 Å². The number of rotatable bonds is 10. The van der Waals surface area contributed by atoms with Crippen LogP contribution in [0.25, 0.3) is 0 Å². The Labute approximate surface area is 223 Å². The van der Waals surface area contributed by atoms with Crippen molar-refractivity contribution < 1.29 is 36.8 Å². The fourth-order valence-electron chi connectivity index (χ4n) is 3.77. The Morgan fingerprint density at radius 1 is 0.921 bits per heavy atom. The van der Waals surface area contributed by atoms with Crippen LogP contribution in [0.15, 0.2) is 88.1 Å². The van der Waals surface area contributed by atoms with Crippen molar-refractivity contribution in [1.29, 1.82) is 0 Å². The van der Waals surface area contributed by atoms with E-state index in [4.69, 9.17) is 24.5 Å². The lowest BCUT2D eigenvalue weighted by molar-refractivity contribution is -0.139. The van der Waals surface area contributed by atoms with Crippen LogP contribution in [0.2, 0.25) is 0 Å². The molecule has 2 aromatic carbocycles. The van der Waals surface area contributed by atoms with Gasteiger partial charge in [0, 0.05) is 12.2 Å². The number of hydrogen-bond donors (Lipinski definition) is 3. The number of dihydropyridines is 1. The van der Waals surface area contributed by atoms with Gasteiger partial charge < -0.3 is 25.3 Å². The van der Waals surface area contributed by atoms with Crippen LogP contribution in [-0.4, -0.2) is 57.9 Å². The molecule has 10 nitrogen and oxygen atoms in total. The molecule has 0 bridgehead atoms. The molecule has 0 aromatic heterocycles. The molecule has 4 N–H and O–H groups in total. The monoisotopic (exact) mass is 546 g/mol. The highest BCUT2D eigenvalue weighted by Crippen LogP contribution is 2.39. The molecule has 1 heterocycles. The summed E-state index contributed by atoms with van der Waals surface area (Å²) in [6.07, 6.45) is 0. The number of carbonyl (C=O) groups excluding carboxylic acids is 2. The number of allylic oxidation sites excluding steroid dienone is 1. The average molecular weight is 547 g/mol. The van der Waals surface area contributed by atoms with Crippen LogP contribution < -0.4 is 11.1 Å². The van der Waals surface area contributed by atoms with Crippen molar-refractivity contribution in [3.63, 3.8) is 0 Å². The van der Waals surface area contributed by atoms with Crippen LogP contribution in [0, 0.1) is 0 Å². The minimum Gasteiger partial charge on any atom is -0.463 e. The van der Waals surface area contributed by atoms with Crippen molar-refractivity contribution in [2.75, 3.05) is 33.0 Å². The summed E-state index contributed by atoms with van der Waals surface area (Å²) in [4.78, 5) is 25.6. The van der Waals surface area contributed by atoms with Gasteiger partial charge in [0.1, 0.15) is 0 Å². The maximum Gasteiger partial charge on any atom is 0.336 e. The number of benzene rings is 2. The summed E-state index contributed by atoms with van der Waals surface area (Å²) in [5.74, 6) is -1.58. The second-order valence-corrected chi connectivity index (χ2v) is 9.39. The zero-order valence-corrected chi connectivity index (χ0v) is 22.5. The van der Waals surface area contributed by atoms with Crippen molar-refractivity contribution in [1.82, 2.24) is 5.32 Å². The van der Waals surface area contributed by atoms with Crippen molar-refractivity contribution in [2.45, 2.75) is 31.6 Å². The van der Waals surface area contributed by atoms with E-state index in [1.165, 1.54) is 12.1 Å². The topological polar surface area (TPSA) is 154 Å². The van der Waals surface area contributed by atoms with E-state index in [2.05, 4.69) is 5.32 Å². The largest absolute Gasteiger partial charge is 0.463 e. The number of nitrogens with one attached hydrogen (secondary N) is 1. The molecule has 0 saturated carbocycles. The highest BCUT2D eigenvalue weighted by Gasteiger charge is 2.38. The van der Waals surface area contributed by atoms with Gasteiger partial charge in [-0.15, -0.1) is 0 Å².